The Balaban J connectivity index is 1.68. The Labute approximate surface area is 138 Å². The van der Waals surface area contributed by atoms with Crippen molar-refractivity contribution >= 4 is 33.7 Å². The summed E-state index contributed by atoms with van der Waals surface area (Å²) in [5.41, 5.74) is 2.05. The fourth-order valence-electron chi connectivity index (χ4n) is 3.32. The molecule has 6 heteroatoms. The lowest BCUT2D eigenvalue weighted by Crippen LogP contribution is -2.39. The number of carbonyl (C=O) groups is 2. The zero-order chi connectivity index (χ0) is 16.7. The molecule has 1 aliphatic rings. The molecule has 0 saturated carbocycles. The van der Waals surface area contributed by atoms with E-state index in [-0.39, 0.29) is 19.0 Å². The Morgan fingerprint density at radius 3 is 2.08 bits per heavy atom. The monoisotopic (exact) mass is 323 g/mol. The van der Waals surface area contributed by atoms with E-state index in [0.717, 1.165) is 26.7 Å². The van der Waals surface area contributed by atoms with Gasteiger partial charge in [0.05, 0.1) is 25.7 Å². The van der Waals surface area contributed by atoms with Gasteiger partial charge in [-0.15, -0.1) is 0 Å². The van der Waals surface area contributed by atoms with Gasteiger partial charge in [0.1, 0.15) is 0 Å². The number of aromatic nitrogens is 1. The number of benzene rings is 2. The summed E-state index contributed by atoms with van der Waals surface area (Å²) >= 11 is 0. The van der Waals surface area contributed by atoms with E-state index in [2.05, 4.69) is 17.4 Å². The summed E-state index contributed by atoms with van der Waals surface area (Å²) in [4.78, 5) is 24.4. The molecule has 3 aromatic rings. The van der Waals surface area contributed by atoms with Crippen LogP contribution in [0.15, 0.2) is 48.5 Å². The van der Waals surface area contributed by atoms with Gasteiger partial charge in [-0.1, -0.05) is 36.4 Å². The minimum Gasteiger partial charge on any atom is -0.389 e. The summed E-state index contributed by atoms with van der Waals surface area (Å²) < 4.78 is 2.04. The van der Waals surface area contributed by atoms with Crippen LogP contribution in [0, 0.1) is 0 Å². The molecule has 2 N–H and O–H groups in total. The van der Waals surface area contributed by atoms with Crippen LogP contribution < -0.4 is 5.32 Å². The Hall–Kier alpha value is -2.86. The number of nitrogens with one attached hydrogen (secondary N) is 1. The van der Waals surface area contributed by atoms with Gasteiger partial charge in [-0.3, -0.25) is 9.69 Å². The zero-order valence-electron chi connectivity index (χ0n) is 13.0. The quantitative estimate of drug-likeness (QED) is 0.718. The molecule has 3 amide bonds. The number of β-amino-alcohol motifs (C(OH)–C–C–N with tert-alkyl or cyclic N) is 1. The van der Waals surface area contributed by atoms with Gasteiger partial charge >= 0.3 is 6.03 Å². The van der Waals surface area contributed by atoms with Crippen LogP contribution in [0.25, 0.3) is 21.8 Å². The van der Waals surface area contributed by atoms with Gasteiger partial charge < -0.3 is 15.0 Å². The van der Waals surface area contributed by atoms with Crippen molar-refractivity contribution in [2.24, 2.45) is 0 Å². The van der Waals surface area contributed by atoms with Crippen molar-refractivity contribution in [3.8, 4) is 0 Å². The van der Waals surface area contributed by atoms with E-state index in [0.29, 0.717) is 6.54 Å². The second kappa shape index (κ2) is 5.65. The van der Waals surface area contributed by atoms with E-state index in [9.17, 15) is 14.7 Å². The Bertz CT molecular complexity index is 878. The standard InChI is InChI=1S/C18H17N3O3/c22-12(11-21-17(23)9-19-18(21)24)10-20-15-7-3-1-5-13(15)14-6-2-4-8-16(14)20/h1-8,12,22H,9-11H2,(H,19,24)/t12-/m0/s1. The number of hydrogen-bond donors (Lipinski definition) is 2. The molecule has 0 radical (unpaired) electrons. The zero-order valence-corrected chi connectivity index (χ0v) is 13.0. The predicted octanol–water partition coefficient (Wildman–Crippen LogP) is 1.71. The highest BCUT2D eigenvalue weighted by atomic mass is 16.3. The van der Waals surface area contributed by atoms with Crippen LogP contribution in [0.4, 0.5) is 4.79 Å². The maximum Gasteiger partial charge on any atom is 0.324 e. The highest BCUT2D eigenvalue weighted by Crippen LogP contribution is 2.28. The molecule has 2 heterocycles. The average molecular weight is 323 g/mol. The SMILES string of the molecule is O=C1CNC(=O)N1C[C@@H](O)Cn1c2ccccc2c2ccccc21. The first-order chi connectivity index (χ1) is 11.6. The smallest absolute Gasteiger partial charge is 0.324 e. The van der Waals surface area contributed by atoms with E-state index in [1.807, 2.05) is 41.0 Å². The van der Waals surface area contributed by atoms with Crippen LogP contribution in [-0.4, -0.2) is 45.7 Å². The molecule has 1 fully saturated rings. The molecule has 0 aliphatic carbocycles. The van der Waals surface area contributed by atoms with Gasteiger partial charge in [-0.05, 0) is 12.1 Å². The first-order valence-corrected chi connectivity index (χ1v) is 7.87. The summed E-state index contributed by atoms with van der Waals surface area (Å²) in [6.45, 7) is 0.303. The molecule has 0 spiro atoms. The lowest BCUT2D eigenvalue weighted by Gasteiger charge is -2.19. The first-order valence-electron chi connectivity index (χ1n) is 7.87. The van der Waals surface area contributed by atoms with Crippen molar-refractivity contribution in [2.75, 3.05) is 13.1 Å². The van der Waals surface area contributed by atoms with Gasteiger partial charge in [-0.2, -0.15) is 0 Å². The normalized spacial score (nSPS) is 16.1. The van der Waals surface area contributed by atoms with Gasteiger partial charge in [0, 0.05) is 21.8 Å². The van der Waals surface area contributed by atoms with Crippen LogP contribution in [0.2, 0.25) is 0 Å². The molecular formula is C18H17N3O3. The van der Waals surface area contributed by atoms with Crippen LogP contribution in [0.5, 0.6) is 0 Å². The van der Waals surface area contributed by atoms with Crippen molar-refractivity contribution in [3.05, 3.63) is 48.5 Å². The molecule has 1 aliphatic heterocycles. The predicted molar refractivity (Wildman–Crippen MR) is 90.6 cm³/mol. The van der Waals surface area contributed by atoms with Crippen molar-refractivity contribution in [2.45, 2.75) is 12.6 Å². The summed E-state index contributed by atoms with van der Waals surface area (Å²) in [7, 11) is 0. The summed E-state index contributed by atoms with van der Waals surface area (Å²) in [5.74, 6) is -0.304. The van der Waals surface area contributed by atoms with Gasteiger partial charge in [0.2, 0.25) is 5.91 Å². The van der Waals surface area contributed by atoms with Gasteiger partial charge in [0.25, 0.3) is 0 Å². The fraction of sp³-hybridized carbons (Fsp3) is 0.222. The second-order valence-corrected chi connectivity index (χ2v) is 5.96. The average Bonchev–Trinajstić information content (AvgIpc) is 3.08. The third-order valence-electron chi connectivity index (χ3n) is 4.40. The van der Waals surface area contributed by atoms with Gasteiger partial charge in [-0.25, -0.2) is 4.79 Å². The third kappa shape index (κ3) is 2.32. The lowest BCUT2D eigenvalue weighted by atomic mass is 10.2. The van der Waals surface area contributed by atoms with Crippen LogP contribution in [-0.2, 0) is 11.3 Å². The van der Waals surface area contributed by atoms with Crippen LogP contribution in [0.3, 0.4) is 0 Å². The molecule has 6 nitrogen and oxygen atoms in total. The Morgan fingerprint density at radius 1 is 0.958 bits per heavy atom. The topological polar surface area (TPSA) is 74.6 Å². The number of imide groups is 1. The number of carbonyl (C=O) groups excluding carboxylic acids is 2. The van der Waals surface area contributed by atoms with E-state index in [4.69, 9.17) is 0 Å². The molecule has 1 atom stereocenters. The lowest BCUT2D eigenvalue weighted by molar-refractivity contribution is -0.126. The minimum atomic E-state index is -0.836. The first kappa shape index (κ1) is 14.7. The number of aliphatic hydroxyl groups excluding tert-OH is 1. The second-order valence-electron chi connectivity index (χ2n) is 5.96. The number of nitrogens with zero attached hydrogens (tertiary/aromatic N) is 2. The Kier molecular flexibility index (Phi) is 3.46. The third-order valence-corrected chi connectivity index (χ3v) is 4.40. The molecular weight excluding hydrogens is 306 g/mol. The molecule has 122 valence electrons. The Morgan fingerprint density at radius 2 is 1.54 bits per heavy atom. The number of rotatable bonds is 4. The summed E-state index contributed by atoms with van der Waals surface area (Å²) in [5, 5.41) is 15.1. The van der Waals surface area contributed by atoms with Gasteiger partial charge in [0.15, 0.2) is 0 Å². The van der Waals surface area contributed by atoms with E-state index in [1.54, 1.807) is 0 Å². The van der Waals surface area contributed by atoms with Crippen LogP contribution in [0.1, 0.15) is 0 Å². The molecule has 2 aromatic carbocycles. The van der Waals surface area contributed by atoms with E-state index in [1.165, 1.54) is 0 Å². The minimum absolute atomic E-state index is 0.000927. The van der Waals surface area contributed by atoms with Crippen molar-refractivity contribution in [1.29, 1.82) is 0 Å². The summed E-state index contributed by atoms with van der Waals surface area (Å²) in [6, 6.07) is 15.6. The fourth-order valence-corrected chi connectivity index (χ4v) is 3.32. The molecule has 1 aromatic heterocycles. The number of para-hydroxylation sites is 2. The highest BCUT2D eigenvalue weighted by molar-refractivity contribution is 6.08. The summed E-state index contributed by atoms with van der Waals surface area (Å²) in [6.07, 6.45) is -0.836. The number of amides is 3. The van der Waals surface area contributed by atoms with Crippen molar-refractivity contribution in [3.63, 3.8) is 0 Å². The number of aliphatic hydroxyl groups is 1. The molecule has 24 heavy (non-hydrogen) atoms. The maximum absolute atomic E-state index is 11.7. The largest absolute Gasteiger partial charge is 0.389 e. The van der Waals surface area contributed by atoms with Crippen molar-refractivity contribution in [1.82, 2.24) is 14.8 Å². The highest BCUT2D eigenvalue weighted by Gasteiger charge is 2.30. The van der Waals surface area contributed by atoms with E-state index >= 15 is 0 Å². The maximum atomic E-state index is 11.7. The number of urea groups is 1. The molecule has 4 rings (SSSR count). The van der Waals surface area contributed by atoms with Crippen LogP contribution >= 0.6 is 0 Å². The molecule has 0 unspecified atom stereocenters. The van der Waals surface area contributed by atoms with Crippen molar-refractivity contribution < 1.29 is 14.7 Å². The molecule has 0 bridgehead atoms. The number of hydrogen-bond acceptors (Lipinski definition) is 3. The molecule has 1 saturated heterocycles. The van der Waals surface area contributed by atoms with E-state index < -0.39 is 12.1 Å². The number of fused-ring (bicyclic) bond motifs is 3.